The largest absolute Gasteiger partial charge is 0.460 e. The molecule has 1 unspecified atom stereocenters. The minimum atomic E-state index is -3.97. The SMILES string of the molecule is O=C(OCCC(Cl)CCl)C(F)(F)Cl. The van der Waals surface area contributed by atoms with Crippen LogP contribution in [0.25, 0.3) is 0 Å². The molecule has 0 radical (unpaired) electrons. The molecule has 0 saturated carbocycles. The first-order valence-corrected chi connectivity index (χ1v) is 4.66. The summed E-state index contributed by atoms with van der Waals surface area (Å²) in [4.78, 5) is 10.4. The van der Waals surface area contributed by atoms with E-state index < -0.39 is 16.7 Å². The van der Waals surface area contributed by atoms with E-state index in [1.54, 1.807) is 0 Å². The maximum absolute atomic E-state index is 12.0. The van der Waals surface area contributed by atoms with Crippen molar-refractivity contribution in [2.24, 2.45) is 0 Å². The van der Waals surface area contributed by atoms with Crippen LogP contribution in [0, 0.1) is 0 Å². The van der Waals surface area contributed by atoms with Crippen LogP contribution in [0.15, 0.2) is 0 Å². The standard InChI is InChI=1S/C6H7Cl3F2O2/c7-3-4(8)1-2-13-5(12)6(9,10)11/h4H,1-3H2. The van der Waals surface area contributed by atoms with E-state index in [1.165, 1.54) is 0 Å². The molecule has 0 N–H and O–H groups in total. The molecule has 0 aliphatic heterocycles. The maximum atomic E-state index is 12.0. The Balaban J connectivity index is 3.60. The fourth-order valence-corrected chi connectivity index (χ4v) is 0.736. The summed E-state index contributed by atoms with van der Waals surface area (Å²) in [6.07, 6.45) is 0.212. The van der Waals surface area contributed by atoms with Gasteiger partial charge >= 0.3 is 11.4 Å². The van der Waals surface area contributed by atoms with Crippen LogP contribution in [0.3, 0.4) is 0 Å². The Morgan fingerprint density at radius 1 is 1.54 bits per heavy atom. The van der Waals surface area contributed by atoms with E-state index >= 15 is 0 Å². The molecule has 0 fully saturated rings. The summed E-state index contributed by atoms with van der Waals surface area (Å²) in [5.74, 6) is -1.61. The molecular weight excluding hydrogens is 248 g/mol. The fourth-order valence-electron chi connectivity index (χ4n) is 0.438. The second kappa shape index (κ2) is 5.83. The highest BCUT2D eigenvalue weighted by Crippen LogP contribution is 2.20. The summed E-state index contributed by atoms with van der Waals surface area (Å²) in [5, 5.41) is -4.37. The maximum Gasteiger partial charge on any atom is 0.417 e. The van der Waals surface area contributed by atoms with Gasteiger partial charge in [-0.2, -0.15) is 8.78 Å². The number of hydrogen-bond donors (Lipinski definition) is 0. The Labute approximate surface area is 89.1 Å². The zero-order valence-corrected chi connectivity index (χ0v) is 8.67. The zero-order valence-electron chi connectivity index (χ0n) is 6.40. The number of alkyl halides is 5. The van der Waals surface area contributed by atoms with Crippen molar-refractivity contribution in [3.8, 4) is 0 Å². The van der Waals surface area contributed by atoms with E-state index in [9.17, 15) is 13.6 Å². The predicted octanol–water partition coefficient (Wildman–Crippen LogP) is 2.60. The van der Waals surface area contributed by atoms with Crippen molar-refractivity contribution in [2.75, 3.05) is 12.5 Å². The smallest absolute Gasteiger partial charge is 0.417 e. The second-order valence-corrected chi connectivity index (χ2v) is 3.57. The summed E-state index contributed by atoms with van der Waals surface area (Å²) < 4.78 is 28.0. The van der Waals surface area contributed by atoms with Crippen molar-refractivity contribution >= 4 is 40.8 Å². The van der Waals surface area contributed by atoms with Crippen molar-refractivity contribution < 1.29 is 18.3 Å². The van der Waals surface area contributed by atoms with Gasteiger partial charge in [0, 0.05) is 5.88 Å². The lowest BCUT2D eigenvalue weighted by molar-refractivity contribution is -0.161. The highest BCUT2D eigenvalue weighted by Gasteiger charge is 2.37. The topological polar surface area (TPSA) is 26.3 Å². The molecule has 2 nitrogen and oxygen atoms in total. The van der Waals surface area contributed by atoms with Crippen LogP contribution in [0.2, 0.25) is 0 Å². The molecule has 0 aromatic rings. The van der Waals surface area contributed by atoms with Gasteiger partial charge in [-0.05, 0) is 18.0 Å². The lowest BCUT2D eigenvalue weighted by Crippen LogP contribution is -2.25. The molecule has 78 valence electrons. The second-order valence-electron chi connectivity index (χ2n) is 2.17. The average molecular weight is 255 g/mol. The first-order chi connectivity index (χ1) is 5.88. The molecule has 0 aliphatic carbocycles. The Kier molecular flexibility index (Phi) is 5.92. The van der Waals surface area contributed by atoms with Crippen molar-refractivity contribution in [3.63, 3.8) is 0 Å². The van der Waals surface area contributed by atoms with Gasteiger partial charge in [0.05, 0.1) is 12.0 Å². The Hall–Kier alpha value is 0.200. The van der Waals surface area contributed by atoms with Gasteiger partial charge in [0.15, 0.2) is 0 Å². The van der Waals surface area contributed by atoms with Gasteiger partial charge in [0.1, 0.15) is 0 Å². The quantitative estimate of drug-likeness (QED) is 0.557. The van der Waals surface area contributed by atoms with Gasteiger partial charge in [-0.3, -0.25) is 0 Å². The third kappa shape index (κ3) is 6.29. The Morgan fingerprint density at radius 3 is 2.46 bits per heavy atom. The first kappa shape index (κ1) is 13.2. The number of hydrogen-bond acceptors (Lipinski definition) is 2. The summed E-state index contributed by atoms with van der Waals surface area (Å²) in [6, 6.07) is 0. The van der Waals surface area contributed by atoms with E-state index in [2.05, 4.69) is 16.3 Å². The number of carbonyl (C=O) groups excluding carboxylic acids is 1. The summed E-state index contributed by atoms with van der Waals surface area (Å²) >= 11 is 15.2. The monoisotopic (exact) mass is 254 g/mol. The molecule has 0 saturated heterocycles. The Bertz CT molecular complexity index is 172. The van der Waals surface area contributed by atoms with Gasteiger partial charge in [-0.1, -0.05) is 0 Å². The molecule has 0 aromatic heterocycles. The predicted molar refractivity (Wildman–Crippen MR) is 46.7 cm³/mol. The van der Waals surface area contributed by atoms with Gasteiger partial charge in [-0.25, -0.2) is 4.79 Å². The number of esters is 1. The first-order valence-electron chi connectivity index (χ1n) is 3.32. The normalized spacial score (nSPS) is 13.9. The highest BCUT2D eigenvalue weighted by molar-refractivity contribution is 6.31. The molecule has 0 rings (SSSR count). The summed E-state index contributed by atoms with van der Waals surface area (Å²) in [7, 11) is 0. The van der Waals surface area contributed by atoms with Crippen molar-refractivity contribution in [3.05, 3.63) is 0 Å². The van der Waals surface area contributed by atoms with Crippen molar-refractivity contribution in [1.82, 2.24) is 0 Å². The van der Waals surface area contributed by atoms with Gasteiger partial charge in [0.2, 0.25) is 0 Å². The molecule has 0 amide bonds. The molecule has 0 heterocycles. The number of carbonyl (C=O) groups is 1. The Morgan fingerprint density at radius 2 is 2.08 bits per heavy atom. The van der Waals surface area contributed by atoms with E-state index in [0.717, 1.165) is 0 Å². The lowest BCUT2D eigenvalue weighted by atomic mass is 10.3. The van der Waals surface area contributed by atoms with E-state index in [4.69, 9.17) is 23.2 Å². The van der Waals surface area contributed by atoms with E-state index in [0.29, 0.717) is 0 Å². The van der Waals surface area contributed by atoms with Crippen LogP contribution in [0.4, 0.5) is 8.78 Å². The van der Waals surface area contributed by atoms with Crippen LogP contribution in [-0.4, -0.2) is 29.2 Å². The van der Waals surface area contributed by atoms with Crippen molar-refractivity contribution in [1.29, 1.82) is 0 Å². The van der Waals surface area contributed by atoms with Gasteiger partial charge in [-0.15, -0.1) is 23.2 Å². The van der Waals surface area contributed by atoms with Crippen LogP contribution in [0.5, 0.6) is 0 Å². The minimum Gasteiger partial charge on any atom is -0.460 e. The van der Waals surface area contributed by atoms with Crippen LogP contribution < -0.4 is 0 Å². The number of halogens is 5. The third-order valence-electron chi connectivity index (χ3n) is 1.06. The molecular formula is C6H7Cl3F2O2. The van der Waals surface area contributed by atoms with Crippen molar-refractivity contribution in [2.45, 2.75) is 17.2 Å². The molecule has 0 aliphatic rings. The number of rotatable bonds is 5. The van der Waals surface area contributed by atoms with Crippen LogP contribution in [0.1, 0.15) is 6.42 Å². The van der Waals surface area contributed by atoms with Gasteiger partial charge < -0.3 is 4.74 Å². The molecule has 13 heavy (non-hydrogen) atoms. The highest BCUT2D eigenvalue weighted by atomic mass is 35.5. The van der Waals surface area contributed by atoms with Crippen LogP contribution >= 0.6 is 34.8 Å². The fraction of sp³-hybridized carbons (Fsp3) is 0.833. The minimum absolute atomic E-state index is 0.163. The third-order valence-corrected chi connectivity index (χ3v) is 2.12. The summed E-state index contributed by atoms with van der Waals surface area (Å²) in [5.41, 5.74) is 0. The lowest BCUT2D eigenvalue weighted by Gasteiger charge is -2.09. The van der Waals surface area contributed by atoms with Crippen LogP contribution in [-0.2, 0) is 9.53 Å². The summed E-state index contributed by atoms with van der Waals surface area (Å²) in [6.45, 7) is -0.220. The molecule has 0 aromatic carbocycles. The van der Waals surface area contributed by atoms with E-state index in [1.807, 2.05) is 0 Å². The van der Waals surface area contributed by atoms with E-state index in [-0.39, 0.29) is 18.9 Å². The molecule has 1 atom stereocenters. The van der Waals surface area contributed by atoms with Gasteiger partial charge in [0.25, 0.3) is 0 Å². The average Bonchev–Trinajstić information content (AvgIpc) is 2.02. The molecule has 0 bridgehead atoms. The molecule has 7 heteroatoms. The molecule has 0 spiro atoms. The number of ether oxygens (including phenoxy) is 1. The zero-order chi connectivity index (χ0) is 10.5.